The van der Waals surface area contributed by atoms with Crippen molar-refractivity contribution in [2.24, 2.45) is 5.73 Å². The summed E-state index contributed by atoms with van der Waals surface area (Å²) < 4.78 is 0. The quantitative estimate of drug-likeness (QED) is 0.936. The summed E-state index contributed by atoms with van der Waals surface area (Å²) in [6.07, 6.45) is 5.22. The number of anilines is 1. The first-order chi connectivity index (χ1) is 10.8. The molecule has 1 aromatic carbocycles. The van der Waals surface area contributed by atoms with E-state index in [4.69, 9.17) is 10.7 Å². The summed E-state index contributed by atoms with van der Waals surface area (Å²) in [5, 5.41) is 0. The molecule has 2 heterocycles. The fourth-order valence-corrected chi connectivity index (χ4v) is 3.20. The molecule has 3 nitrogen and oxygen atoms in total. The Morgan fingerprint density at radius 3 is 2.27 bits per heavy atom. The van der Waals surface area contributed by atoms with Gasteiger partial charge in [-0.05, 0) is 37.0 Å². The molecule has 2 aromatic rings. The van der Waals surface area contributed by atoms with Crippen LogP contribution >= 0.6 is 0 Å². The smallest absolute Gasteiger partial charge is 0.128 e. The average molecular weight is 295 g/mol. The van der Waals surface area contributed by atoms with E-state index in [0.717, 1.165) is 35.7 Å². The number of nitrogens with two attached hydrogens (primary N) is 1. The molecule has 0 unspecified atom stereocenters. The van der Waals surface area contributed by atoms with Gasteiger partial charge in [0, 0.05) is 18.8 Å². The van der Waals surface area contributed by atoms with E-state index >= 15 is 0 Å². The van der Waals surface area contributed by atoms with Crippen LogP contribution in [0.25, 0.3) is 0 Å². The van der Waals surface area contributed by atoms with Crippen LogP contribution in [-0.4, -0.2) is 18.1 Å². The lowest BCUT2D eigenvalue weighted by atomic mass is 9.98. The highest BCUT2D eigenvalue weighted by atomic mass is 15.2. The van der Waals surface area contributed by atoms with E-state index in [-0.39, 0.29) is 6.04 Å². The maximum absolute atomic E-state index is 6.42. The number of nitrogens with zero attached hydrogens (tertiary/aromatic N) is 2. The van der Waals surface area contributed by atoms with Crippen molar-refractivity contribution in [3.63, 3.8) is 0 Å². The van der Waals surface area contributed by atoms with E-state index in [1.807, 2.05) is 18.2 Å². The van der Waals surface area contributed by atoms with E-state index in [2.05, 4.69) is 36.1 Å². The molecule has 1 fully saturated rings. The molecule has 1 aliphatic rings. The molecular formula is C19H25N3. The van der Waals surface area contributed by atoms with Crippen LogP contribution in [0.3, 0.4) is 0 Å². The molecule has 22 heavy (non-hydrogen) atoms. The first-order valence-corrected chi connectivity index (χ1v) is 8.29. The Hall–Kier alpha value is -1.87. The van der Waals surface area contributed by atoms with Gasteiger partial charge in [-0.25, -0.2) is 4.98 Å². The summed E-state index contributed by atoms with van der Waals surface area (Å²) in [6, 6.07) is 14.4. The topological polar surface area (TPSA) is 42.2 Å². The maximum Gasteiger partial charge on any atom is 0.128 e. The second-order valence-corrected chi connectivity index (χ2v) is 6.13. The molecule has 0 saturated carbocycles. The van der Waals surface area contributed by atoms with Crippen molar-refractivity contribution < 1.29 is 0 Å². The van der Waals surface area contributed by atoms with Crippen molar-refractivity contribution in [1.82, 2.24) is 4.98 Å². The molecule has 0 bridgehead atoms. The third kappa shape index (κ3) is 3.30. The Bertz CT molecular complexity index is 601. The molecule has 2 N–H and O–H groups in total. The van der Waals surface area contributed by atoms with Crippen LogP contribution in [0, 0.1) is 6.92 Å². The highest BCUT2D eigenvalue weighted by Gasteiger charge is 2.15. The van der Waals surface area contributed by atoms with Crippen molar-refractivity contribution in [2.75, 3.05) is 18.0 Å². The minimum absolute atomic E-state index is 0.105. The lowest BCUT2D eigenvalue weighted by Gasteiger charge is -2.23. The van der Waals surface area contributed by atoms with Crippen LogP contribution in [0.4, 0.5) is 5.82 Å². The number of hydrogen-bond donors (Lipinski definition) is 1. The third-order valence-electron chi connectivity index (χ3n) is 4.54. The summed E-state index contributed by atoms with van der Waals surface area (Å²) in [6.45, 7) is 4.31. The second kappa shape index (κ2) is 6.93. The van der Waals surface area contributed by atoms with Gasteiger partial charge in [-0.15, -0.1) is 0 Å². The minimum Gasteiger partial charge on any atom is -0.357 e. The van der Waals surface area contributed by atoms with Gasteiger partial charge in [0.15, 0.2) is 0 Å². The zero-order valence-electron chi connectivity index (χ0n) is 13.3. The molecule has 3 rings (SSSR count). The average Bonchev–Trinajstić information content (AvgIpc) is 2.84. The van der Waals surface area contributed by atoms with E-state index in [1.54, 1.807) is 0 Å². The van der Waals surface area contributed by atoms with Crippen molar-refractivity contribution in [3.8, 4) is 0 Å². The van der Waals surface area contributed by atoms with Crippen LogP contribution in [-0.2, 0) is 0 Å². The molecule has 1 saturated heterocycles. The molecule has 1 aliphatic heterocycles. The van der Waals surface area contributed by atoms with Crippen molar-refractivity contribution in [2.45, 2.75) is 38.6 Å². The molecule has 0 radical (unpaired) electrons. The van der Waals surface area contributed by atoms with Crippen LogP contribution < -0.4 is 10.6 Å². The van der Waals surface area contributed by atoms with Crippen LogP contribution in [0.15, 0.2) is 42.5 Å². The Kier molecular flexibility index (Phi) is 4.74. The van der Waals surface area contributed by atoms with Gasteiger partial charge >= 0.3 is 0 Å². The van der Waals surface area contributed by atoms with Gasteiger partial charge in [0.2, 0.25) is 0 Å². The number of hydrogen-bond acceptors (Lipinski definition) is 3. The maximum atomic E-state index is 6.42. The van der Waals surface area contributed by atoms with E-state index in [9.17, 15) is 0 Å². The van der Waals surface area contributed by atoms with Gasteiger partial charge in [-0.3, -0.25) is 0 Å². The zero-order chi connectivity index (χ0) is 15.4. The lowest BCUT2D eigenvalue weighted by Crippen LogP contribution is -2.25. The number of rotatable bonds is 3. The first kappa shape index (κ1) is 15.0. The van der Waals surface area contributed by atoms with E-state index in [1.165, 1.54) is 25.7 Å². The molecule has 3 heteroatoms. The van der Waals surface area contributed by atoms with Gasteiger partial charge in [0.05, 0.1) is 6.04 Å². The molecule has 0 aliphatic carbocycles. The molecular weight excluding hydrogens is 270 g/mol. The fraction of sp³-hybridized carbons (Fsp3) is 0.421. The predicted octanol–water partition coefficient (Wildman–Crippen LogP) is 3.82. The number of benzene rings is 1. The van der Waals surface area contributed by atoms with Gasteiger partial charge in [-0.2, -0.15) is 0 Å². The summed E-state index contributed by atoms with van der Waals surface area (Å²) in [5.74, 6) is 1.10. The molecule has 1 atom stereocenters. The SMILES string of the molecule is Cc1nc(N2CCCCCC2)ccc1[C@H](N)c1ccccc1. The van der Waals surface area contributed by atoms with Gasteiger partial charge in [0.25, 0.3) is 0 Å². The number of aromatic nitrogens is 1. The lowest BCUT2D eigenvalue weighted by molar-refractivity contribution is 0.726. The van der Waals surface area contributed by atoms with Crippen LogP contribution in [0.1, 0.15) is 48.5 Å². The normalized spacial score (nSPS) is 17.1. The van der Waals surface area contributed by atoms with Crippen LogP contribution in [0.5, 0.6) is 0 Å². The Labute approximate surface area is 133 Å². The summed E-state index contributed by atoms with van der Waals surface area (Å²) >= 11 is 0. The fourth-order valence-electron chi connectivity index (χ4n) is 3.20. The van der Waals surface area contributed by atoms with Gasteiger partial charge in [-0.1, -0.05) is 49.2 Å². The Balaban J connectivity index is 1.82. The zero-order valence-corrected chi connectivity index (χ0v) is 13.3. The second-order valence-electron chi connectivity index (χ2n) is 6.13. The van der Waals surface area contributed by atoms with Crippen molar-refractivity contribution in [1.29, 1.82) is 0 Å². The minimum atomic E-state index is -0.105. The summed E-state index contributed by atoms with van der Waals surface area (Å²) in [4.78, 5) is 7.25. The largest absolute Gasteiger partial charge is 0.357 e. The van der Waals surface area contributed by atoms with E-state index < -0.39 is 0 Å². The molecule has 0 amide bonds. The Morgan fingerprint density at radius 1 is 0.955 bits per heavy atom. The number of pyridine rings is 1. The molecule has 1 aromatic heterocycles. The van der Waals surface area contributed by atoms with Crippen molar-refractivity contribution in [3.05, 3.63) is 59.3 Å². The summed E-state index contributed by atoms with van der Waals surface area (Å²) in [5.41, 5.74) is 9.71. The molecule has 0 spiro atoms. The van der Waals surface area contributed by atoms with Crippen LogP contribution in [0.2, 0.25) is 0 Å². The summed E-state index contributed by atoms with van der Waals surface area (Å²) in [7, 11) is 0. The van der Waals surface area contributed by atoms with Gasteiger partial charge in [0.1, 0.15) is 5.82 Å². The highest BCUT2D eigenvalue weighted by Crippen LogP contribution is 2.25. The predicted molar refractivity (Wildman–Crippen MR) is 92.1 cm³/mol. The highest BCUT2D eigenvalue weighted by molar-refractivity contribution is 5.44. The molecule has 116 valence electrons. The monoisotopic (exact) mass is 295 g/mol. The first-order valence-electron chi connectivity index (χ1n) is 8.29. The third-order valence-corrected chi connectivity index (χ3v) is 4.54. The number of aryl methyl sites for hydroxylation is 1. The van der Waals surface area contributed by atoms with Gasteiger partial charge < -0.3 is 10.6 Å². The Morgan fingerprint density at radius 2 is 1.64 bits per heavy atom. The standard InChI is InChI=1S/C19H25N3/c1-15-17(19(20)16-9-5-4-6-10-16)11-12-18(21-15)22-13-7-2-3-8-14-22/h4-6,9-12,19H,2-3,7-8,13-14,20H2,1H3/t19-/m1/s1. The van der Waals surface area contributed by atoms with Crippen molar-refractivity contribution >= 4 is 5.82 Å². The van der Waals surface area contributed by atoms with E-state index in [0.29, 0.717) is 0 Å².